The SMILES string of the molecule is CCN(CC)C(=O)c1ccc(-c2ccc(C(C)(C)C(=O)N3CCC(c4ccccc4C(=O)O)C3)c(F)c2)cn1. The Kier molecular flexibility index (Phi) is 8.14. The van der Waals surface area contributed by atoms with Crippen molar-refractivity contribution < 1.29 is 23.9 Å². The number of nitrogens with zero attached hydrogens (tertiary/aromatic N) is 3. The Morgan fingerprint density at radius 2 is 1.74 bits per heavy atom. The minimum absolute atomic E-state index is 0.0895. The van der Waals surface area contributed by atoms with E-state index >= 15 is 4.39 Å². The van der Waals surface area contributed by atoms with Crippen LogP contribution in [0.5, 0.6) is 0 Å². The Bertz CT molecular complexity index is 1380. The normalized spacial score (nSPS) is 15.3. The maximum Gasteiger partial charge on any atom is 0.335 e. The highest BCUT2D eigenvalue weighted by molar-refractivity contribution is 5.93. The fourth-order valence-corrected chi connectivity index (χ4v) is 5.32. The molecular weight excluding hydrogens is 497 g/mol. The Morgan fingerprint density at radius 1 is 1.05 bits per heavy atom. The number of carboxylic acid groups (broad SMARTS) is 1. The molecule has 8 heteroatoms. The summed E-state index contributed by atoms with van der Waals surface area (Å²) >= 11 is 0. The predicted octanol–water partition coefficient (Wildman–Crippen LogP) is 5.36. The molecule has 1 N–H and O–H groups in total. The summed E-state index contributed by atoms with van der Waals surface area (Å²) in [5.41, 5.74) is 1.72. The number of aromatic carboxylic acids is 1. The molecule has 1 unspecified atom stereocenters. The number of carboxylic acids is 1. The van der Waals surface area contributed by atoms with Crippen LogP contribution in [-0.4, -0.2) is 63.9 Å². The van der Waals surface area contributed by atoms with E-state index in [0.717, 1.165) is 0 Å². The molecule has 0 spiro atoms. The molecule has 4 rings (SSSR count). The smallest absolute Gasteiger partial charge is 0.335 e. The number of likely N-dealkylation sites (tertiary alicyclic amines) is 1. The van der Waals surface area contributed by atoms with E-state index in [1.807, 2.05) is 13.8 Å². The van der Waals surface area contributed by atoms with E-state index in [0.29, 0.717) is 55.0 Å². The van der Waals surface area contributed by atoms with Gasteiger partial charge in [-0.15, -0.1) is 0 Å². The monoisotopic (exact) mass is 531 g/mol. The average molecular weight is 532 g/mol. The van der Waals surface area contributed by atoms with Crippen LogP contribution in [0, 0.1) is 5.82 Å². The summed E-state index contributed by atoms with van der Waals surface area (Å²) < 4.78 is 15.4. The van der Waals surface area contributed by atoms with E-state index in [4.69, 9.17) is 0 Å². The van der Waals surface area contributed by atoms with E-state index in [1.165, 1.54) is 6.07 Å². The van der Waals surface area contributed by atoms with Crippen LogP contribution in [0.4, 0.5) is 4.39 Å². The van der Waals surface area contributed by atoms with Crippen molar-refractivity contribution in [3.63, 3.8) is 0 Å². The number of benzene rings is 2. The number of carbonyl (C=O) groups is 3. The summed E-state index contributed by atoms with van der Waals surface area (Å²) in [5.74, 6) is -1.93. The number of aromatic nitrogens is 1. The molecule has 0 aliphatic carbocycles. The van der Waals surface area contributed by atoms with E-state index in [2.05, 4.69) is 4.98 Å². The van der Waals surface area contributed by atoms with Gasteiger partial charge in [0.05, 0.1) is 11.0 Å². The van der Waals surface area contributed by atoms with Crippen molar-refractivity contribution in [2.75, 3.05) is 26.2 Å². The van der Waals surface area contributed by atoms with Gasteiger partial charge in [-0.2, -0.15) is 0 Å². The van der Waals surface area contributed by atoms with Crippen molar-refractivity contribution in [1.82, 2.24) is 14.8 Å². The molecule has 39 heavy (non-hydrogen) atoms. The standard InChI is InChI=1S/C31H34FN3O4/c1-5-34(6-2)28(36)27-14-12-21(18-33-27)20-11-13-25(26(32)17-20)31(3,4)30(39)35-16-15-22(19-35)23-9-7-8-10-24(23)29(37)38/h7-14,17-18,22H,5-6,15-16,19H2,1-4H3,(H,37,38). The van der Waals surface area contributed by atoms with Gasteiger partial charge < -0.3 is 14.9 Å². The van der Waals surface area contributed by atoms with Gasteiger partial charge in [-0.1, -0.05) is 36.4 Å². The second kappa shape index (κ2) is 11.4. The molecule has 2 aromatic carbocycles. The molecular formula is C31H34FN3O4. The van der Waals surface area contributed by atoms with Crippen molar-refractivity contribution >= 4 is 17.8 Å². The molecule has 1 fully saturated rings. The second-order valence-electron chi connectivity index (χ2n) is 10.4. The first-order chi connectivity index (χ1) is 18.6. The first kappa shape index (κ1) is 28.0. The number of halogens is 1. The van der Waals surface area contributed by atoms with Gasteiger partial charge in [0.15, 0.2) is 0 Å². The van der Waals surface area contributed by atoms with Gasteiger partial charge >= 0.3 is 5.97 Å². The fourth-order valence-electron chi connectivity index (χ4n) is 5.32. The quantitative estimate of drug-likeness (QED) is 0.423. The molecule has 1 aliphatic heterocycles. The van der Waals surface area contributed by atoms with Crippen LogP contribution >= 0.6 is 0 Å². The minimum Gasteiger partial charge on any atom is -0.478 e. The molecule has 1 saturated heterocycles. The van der Waals surface area contributed by atoms with E-state index in [1.54, 1.807) is 78.4 Å². The van der Waals surface area contributed by atoms with Crippen molar-refractivity contribution in [2.24, 2.45) is 0 Å². The summed E-state index contributed by atoms with van der Waals surface area (Å²) in [6.07, 6.45) is 2.20. The lowest BCUT2D eigenvalue weighted by molar-refractivity contribution is -0.135. The highest BCUT2D eigenvalue weighted by atomic mass is 19.1. The molecule has 2 heterocycles. The predicted molar refractivity (Wildman–Crippen MR) is 147 cm³/mol. The van der Waals surface area contributed by atoms with E-state index < -0.39 is 17.2 Å². The third-order valence-electron chi connectivity index (χ3n) is 7.65. The molecule has 0 bridgehead atoms. The molecule has 1 aliphatic rings. The molecule has 7 nitrogen and oxygen atoms in total. The Morgan fingerprint density at radius 3 is 2.36 bits per heavy atom. The van der Waals surface area contributed by atoms with Crippen LogP contribution in [-0.2, 0) is 10.2 Å². The molecule has 0 radical (unpaired) electrons. The third kappa shape index (κ3) is 5.55. The highest BCUT2D eigenvalue weighted by Crippen LogP contribution is 2.35. The highest BCUT2D eigenvalue weighted by Gasteiger charge is 2.39. The molecule has 0 saturated carbocycles. The molecule has 3 aromatic rings. The average Bonchev–Trinajstić information content (AvgIpc) is 3.43. The van der Waals surface area contributed by atoms with Crippen LogP contribution < -0.4 is 0 Å². The number of rotatable bonds is 8. The lowest BCUT2D eigenvalue weighted by Gasteiger charge is -2.30. The largest absolute Gasteiger partial charge is 0.478 e. The first-order valence-electron chi connectivity index (χ1n) is 13.3. The Labute approximate surface area is 228 Å². The lowest BCUT2D eigenvalue weighted by Crippen LogP contribution is -2.42. The number of hydrogen-bond donors (Lipinski definition) is 1. The zero-order valence-corrected chi connectivity index (χ0v) is 22.8. The molecule has 204 valence electrons. The van der Waals surface area contributed by atoms with Crippen molar-refractivity contribution in [3.05, 3.63) is 89.0 Å². The van der Waals surface area contributed by atoms with Crippen molar-refractivity contribution in [3.8, 4) is 11.1 Å². The first-order valence-corrected chi connectivity index (χ1v) is 13.3. The molecule has 1 atom stereocenters. The van der Waals surface area contributed by atoms with Gasteiger partial charge in [0.1, 0.15) is 11.5 Å². The number of carbonyl (C=O) groups excluding carboxylic acids is 2. The Hall–Kier alpha value is -4.07. The van der Waals surface area contributed by atoms with Crippen molar-refractivity contribution in [1.29, 1.82) is 0 Å². The van der Waals surface area contributed by atoms with Gasteiger partial charge in [-0.05, 0) is 63.4 Å². The van der Waals surface area contributed by atoms with Crippen LogP contribution in [0.1, 0.15) is 72.0 Å². The zero-order chi connectivity index (χ0) is 28.3. The van der Waals surface area contributed by atoms with Crippen molar-refractivity contribution in [2.45, 2.75) is 45.4 Å². The topological polar surface area (TPSA) is 90.8 Å². The lowest BCUT2D eigenvalue weighted by atomic mass is 9.82. The zero-order valence-electron chi connectivity index (χ0n) is 22.8. The summed E-state index contributed by atoms with van der Waals surface area (Å²) in [7, 11) is 0. The summed E-state index contributed by atoms with van der Waals surface area (Å²) in [6, 6.07) is 15.0. The fraction of sp³-hybridized carbons (Fsp3) is 0.355. The van der Waals surface area contributed by atoms with Gasteiger partial charge in [0.2, 0.25) is 5.91 Å². The van der Waals surface area contributed by atoms with E-state index in [-0.39, 0.29) is 28.9 Å². The van der Waals surface area contributed by atoms with Gasteiger partial charge in [0, 0.05) is 49.4 Å². The maximum atomic E-state index is 15.4. The van der Waals surface area contributed by atoms with Gasteiger partial charge in [-0.3, -0.25) is 14.6 Å². The molecule has 2 amide bonds. The second-order valence-corrected chi connectivity index (χ2v) is 10.4. The summed E-state index contributed by atoms with van der Waals surface area (Å²) in [6.45, 7) is 9.28. The maximum absolute atomic E-state index is 15.4. The molecule has 1 aromatic heterocycles. The van der Waals surface area contributed by atoms with E-state index in [9.17, 15) is 19.5 Å². The van der Waals surface area contributed by atoms with Crippen LogP contribution in [0.25, 0.3) is 11.1 Å². The summed E-state index contributed by atoms with van der Waals surface area (Å²) in [5, 5.41) is 9.55. The van der Waals surface area contributed by atoms with Crippen LogP contribution in [0.3, 0.4) is 0 Å². The number of amides is 2. The number of pyridine rings is 1. The van der Waals surface area contributed by atoms with Gasteiger partial charge in [-0.25, -0.2) is 9.18 Å². The summed E-state index contributed by atoms with van der Waals surface area (Å²) in [4.78, 5) is 45.4. The van der Waals surface area contributed by atoms with Gasteiger partial charge in [0.25, 0.3) is 5.91 Å². The number of hydrogen-bond acceptors (Lipinski definition) is 4. The van der Waals surface area contributed by atoms with Crippen LogP contribution in [0.15, 0.2) is 60.8 Å². The Balaban J connectivity index is 1.51. The third-order valence-corrected chi connectivity index (χ3v) is 7.65. The van der Waals surface area contributed by atoms with Crippen LogP contribution in [0.2, 0.25) is 0 Å². The minimum atomic E-state index is -1.12.